The van der Waals surface area contributed by atoms with Crippen LogP contribution in [-0.2, 0) is 0 Å². The molecule has 0 saturated carbocycles. The minimum absolute atomic E-state index is 0.594. The van der Waals surface area contributed by atoms with Crippen LogP contribution in [0.1, 0.15) is 19.4 Å². The number of hydrogen-bond acceptors (Lipinski definition) is 1. The van der Waals surface area contributed by atoms with Crippen molar-refractivity contribution in [3.63, 3.8) is 0 Å². The fourth-order valence-electron chi connectivity index (χ4n) is 1.27. The average molecular weight is 258 g/mol. The maximum Gasteiger partial charge on any atom is 0.0598 e. The molecule has 1 aromatic carbocycles. The van der Waals surface area contributed by atoms with Crippen molar-refractivity contribution in [3.05, 3.63) is 39.9 Å². The lowest BCUT2D eigenvalue weighted by Crippen LogP contribution is -2.19. The standard InChI is InChI=1S/C13H17Cl2N/c1-10(2)9-16-7-3-4-11-5-6-12(14)13(15)8-11/h3-6,8,10,16H,7,9H2,1-2H3. The minimum atomic E-state index is 0.594. The number of nitrogens with one attached hydrogen (secondary N) is 1. The molecule has 1 rings (SSSR count). The van der Waals surface area contributed by atoms with Crippen molar-refractivity contribution in [1.29, 1.82) is 0 Å². The van der Waals surface area contributed by atoms with Gasteiger partial charge in [-0.15, -0.1) is 0 Å². The first-order valence-corrected chi connectivity index (χ1v) is 6.17. The maximum absolute atomic E-state index is 5.91. The Kier molecular flexibility index (Phi) is 5.89. The molecule has 0 amide bonds. The van der Waals surface area contributed by atoms with E-state index in [1.54, 1.807) is 0 Å². The van der Waals surface area contributed by atoms with Crippen LogP contribution in [0.25, 0.3) is 6.08 Å². The molecule has 0 aliphatic heterocycles. The largest absolute Gasteiger partial charge is 0.313 e. The van der Waals surface area contributed by atoms with Gasteiger partial charge in [0.15, 0.2) is 0 Å². The Morgan fingerprint density at radius 2 is 2.00 bits per heavy atom. The van der Waals surface area contributed by atoms with E-state index in [1.807, 2.05) is 24.3 Å². The van der Waals surface area contributed by atoms with Gasteiger partial charge in [0, 0.05) is 6.54 Å². The van der Waals surface area contributed by atoms with Gasteiger partial charge >= 0.3 is 0 Å². The van der Waals surface area contributed by atoms with Gasteiger partial charge in [0.25, 0.3) is 0 Å². The lowest BCUT2D eigenvalue weighted by atomic mass is 10.2. The lowest BCUT2D eigenvalue weighted by Gasteiger charge is -2.03. The van der Waals surface area contributed by atoms with Crippen molar-refractivity contribution >= 4 is 29.3 Å². The summed E-state index contributed by atoms with van der Waals surface area (Å²) in [6.07, 6.45) is 4.12. The molecule has 0 bridgehead atoms. The third-order valence-electron chi connectivity index (χ3n) is 2.07. The first-order chi connectivity index (χ1) is 7.59. The number of halogens is 2. The maximum atomic E-state index is 5.91. The summed E-state index contributed by atoms with van der Waals surface area (Å²) in [5.41, 5.74) is 1.07. The summed E-state index contributed by atoms with van der Waals surface area (Å²) in [5.74, 6) is 0.679. The average Bonchev–Trinajstić information content (AvgIpc) is 2.22. The first kappa shape index (κ1) is 13.6. The van der Waals surface area contributed by atoms with Gasteiger partial charge in [0.05, 0.1) is 10.0 Å². The molecule has 88 valence electrons. The molecule has 0 fully saturated rings. The summed E-state index contributed by atoms with van der Waals surface area (Å²) >= 11 is 11.7. The predicted molar refractivity (Wildman–Crippen MR) is 73.2 cm³/mol. The number of hydrogen-bond donors (Lipinski definition) is 1. The second kappa shape index (κ2) is 6.95. The first-order valence-electron chi connectivity index (χ1n) is 5.42. The fourth-order valence-corrected chi connectivity index (χ4v) is 1.57. The van der Waals surface area contributed by atoms with Crippen molar-refractivity contribution < 1.29 is 0 Å². The van der Waals surface area contributed by atoms with Crippen LogP contribution >= 0.6 is 23.2 Å². The molecule has 0 aliphatic carbocycles. The smallest absolute Gasteiger partial charge is 0.0598 e. The van der Waals surface area contributed by atoms with Crippen LogP contribution in [0.5, 0.6) is 0 Å². The van der Waals surface area contributed by atoms with Gasteiger partial charge in [0.1, 0.15) is 0 Å². The van der Waals surface area contributed by atoms with E-state index in [9.17, 15) is 0 Å². The quantitative estimate of drug-likeness (QED) is 0.778. The summed E-state index contributed by atoms with van der Waals surface area (Å²) < 4.78 is 0. The van der Waals surface area contributed by atoms with Gasteiger partial charge in [-0.2, -0.15) is 0 Å². The Balaban J connectivity index is 2.41. The molecule has 0 atom stereocenters. The molecule has 0 heterocycles. The van der Waals surface area contributed by atoms with Crippen molar-refractivity contribution in [1.82, 2.24) is 5.32 Å². The van der Waals surface area contributed by atoms with Crippen LogP contribution < -0.4 is 5.32 Å². The molecular formula is C13H17Cl2N. The zero-order valence-electron chi connectivity index (χ0n) is 9.63. The second-order valence-electron chi connectivity index (χ2n) is 4.13. The third-order valence-corrected chi connectivity index (χ3v) is 2.81. The van der Waals surface area contributed by atoms with Crippen molar-refractivity contribution in [2.75, 3.05) is 13.1 Å². The van der Waals surface area contributed by atoms with Crippen molar-refractivity contribution in [3.8, 4) is 0 Å². The highest BCUT2D eigenvalue weighted by molar-refractivity contribution is 6.42. The van der Waals surface area contributed by atoms with Crippen molar-refractivity contribution in [2.24, 2.45) is 5.92 Å². The highest BCUT2D eigenvalue weighted by atomic mass is 35.5. The molecule has 3 heteroatoms. The molecule has 0 unspecified atom stereocenters. The van der Waals surface area contributed by atoms with E-state index >= 15 is 0 Å². The summed E-state index contributed by atoms with van der Waals surface area (Å²) in [7, 11) is 0. The zero-order valence-corrected chi connectivity index (χ0v) is 11.1. The van der Waals surface area contributed by atoms with Gasteiger partial charge < -0.3 is 5.32 Å². The number of rotatable bonds is 5. The fraction of sp³-hybridized carbons (Fsp3) is 0.385. The molecular weight excluding hydrogens is 241 g/mol. The molecule has 0 radical (unpaired) electrons. The van der Waals surface area contributed by atoms with E-state index in [-0.39, 0.29) is 0 Å². The third kappa shape index (κ3) is 5.02. The Morgan fingerprint density at radius 3 is 2.62 bits per heavy atom. The molecule has 1 nitrogen and oxygen atoms in total. The topological polar surface area (TPSA) is 12.0 Å². The van der Waals surface area contributed by atoms with Crippen LogP contribution in [0.2, 0.25) is 10.0 Å². The Hall–Kier alpha value is -0.500. The van der Waals surface area contributed by atoms with E-state index in [1.165, 1.54) is 0 Å². The predicted octanol–water partition coefficient (Wildman–Crippen LogP) is 4.25. The van der Waals surface area contributed by atoms with Gasteiger partial charge in [-0.3, -0.25) is 0 Å². The van der Waals surface area contributed by atoms with Crippen LogP contribution in [0.4, 0.5) is 0 Å². The lowest BCUT2D eigenvalue weighted by molar-refractivity contribution is 0.577. The Bertz CT molecular complexity index is 359. The molecule has 0 saturated heterocycles. The normalized spacial score (nSPS) is 11.6. The summed E-state index contributed by atoms with van der Waals surface area (Å²) in [6.45, 7) is 6.29. The highest BCUT2D eigenvalue weighted by Crippen LogP contribution is 2.22. The van der Waals surface area contributed by atoms with Gasteiger partial charge in [-0.05, 0) is 30.2 Å². The van der Waals surface area contributed by atoms with Crippen LogP contribution in [0.15, 0.2) is 24.3 Å². The molecule has 0 spiro atoms. The van der Waals surface area contributed by atoms with E-state index in [4.69, 9.17) is 23.2 Å². The molecule has 1 aromatic rings. The summed E-state index contributed by atoms with van der Waals surface area (Å²) in [4.78, 5) is 0. The van der Waals surface area contributed by atoms with E-state index in [0.717, 1.165) is 18.7 Å². The minimum Gasteiger partial charge on any atom is -0.313 e. The van der Waals surface area contributed by atoms with Crippen LogP contribution in [-0.4, -0.2) is 13.1 Å². The number of benzene rings is 1. The van der Waals surface area contributed by atoms with Gasteiger partial charge in [0.2, 0.25) is 0 Å². The summed E-state index contributed by atoms with van der Waals surface area (Å²) in [5, 5.41) is 4.53. The monoisotopic (exact) mass is 257 g/mol. The zero-order chi connectivity index (χ0) is 12.0. The second-order valence-corrected chi connectivity index (χ2v) is 4.94. The summed E-state index contributed by atoms with van der Waals surface area (Å²) in [6, 6.07) is 5.63. The molecule has 0 aromatic heterocycles. The van der Waals surface area contributed by atoms with Gasteiger partial charge in [-0.1, -0.05) is 55.3 Å². The van der Waals surface area contributed by atoms with Crippen LogP contribution in [0, 0.1) is 5.92 Å². The van der Waals surface area contributed by atoms with Gasteiger partial charge in [-0.25, -0.2) is 0 Å². The molecule has 0 aliphatic rings. The highest BCUT2D eigenvalue weighted by Gasteiger charge is 1.96. The van der Waals surface area contributed by atoms with E-state index in [2.05, 4.69) is 25.2 Å². The van der Waals surface area contributed by atoms with Crippen LogP contribution in [0.3, 0.4) is 0 Å². The SMILES string of the molecule is CC(C)CNCC=Cc1ccc(Cl)c(Cl)c1. The van der Waals surface area contributed by atoms with Crippen molar-refractivity contribution in [2.45, 2.75) is 13.8 Å². The Labute approximate surface area is 107 Å². The Morgan fingerprint density at radius 1 is 1.25 bits per heavy atom. The van der Waals surface area contributed by atoms with E-state index < -0.39 is 0 Å². The van der Waals surface area contributed by atoms with E-state index in [0.29, 0.717) is 16.0 Å². The molecule has 16 heavy (non-hydrogen) atoms. The molecule has 1 N–H and O–H groups in total.